The van der Waals surface area contributed by atoms with Gasteiger partial charge in [-0.3, -0.25) is 0 Å². The molecule has 0 fully saturated rings. The van der Waals surface area contributed by atoms with E-state index in [1.807, 2.05) is 0 Å². The second-order valence-corrected chi connectivity index (χ2v) is 11.9. The molecule has 0 aromatic heterocycles. The zero-order valence-corrected chi connectivity index (χ0v) is 30.0. The Morgan fingerprint density at radius 3 is 0.953 bits per heavy atom. The first-order valence-electron chi connectivity index (χ1n) is 18.4. The minimum atomic E-state index is -1.04. The van der Waals surface area contributed by atoms with Gasteiger partial charge in [-0.1, -0.05) is 107 Å². The first kappa shape index (κ1) is 42.7. The Labute approximate surface area is 267 Å². The van der Waals surface area contributed by atoms with E-state index in [4.69, 9.17) is 33.2 Å². The van der Waals surface area contributed by atoms with E-state index in [1.54, 1.807) is 0 Å². The second-order valence-electron chi connectivity index (χ2n) is 11.9. The number of ether oxygens (including phenoxy) is 7. The van der Waals surface area contributed by atoms with E-state index >= 15 is 0 Å². The summed E-state index contributed by atoms with van der Waals surface area (Å²) in [6.45, 7) is 20.7. The van der Waals surface area contributed by atoms with E-state index in [0.29, 0.717) is 52.5 Å². The molecule has 0 amide bonds. The summed E-state index contributed by atoms with van der Waals surface area (Å²) in [6.07, 6.45) is 16.1. The molecule has 2 unspecified atom stereocenters. The zero-order chi connectivity index (χ0) is 32.1. The summed E-state index contributed by atoms with van der Waals surface area (Å²) in [6, 6.07) is 0. The van der Waals surface area contributed by atoms with E-state index in [0.717, 1.165) is 77.0 Å². The van der Waals surface area contributed by atoms with Crippen molar-refractivity contribution >= 4 is 0 Å². The van der Waals surface area contributed by atoms with Gasteiger partial charge in [0.25, 0.3) is 0 Å². The van der Waals surface area contributed by atoms with Gasteiger partial charge in [0, 0.05) is 52.5 Å². The highest BCUT2D eigenvalue weighted by Crippen LogP contribution is 2.36. The quantitative estimate of drug-likeness (QED) is 0.0525. The maximum Gasteiger partial charge on any atom is 0.220 e. The van der Waals surface area contributed by atoms with Gasteiger partial charge >= 0.3 is 0 Å². The van der Waals surface area contributed by atoms with Gasteiger partial charge in [-0.25, -0.2) is 0 Å². The molecular formula is C36H74O7. The van der Waals surface area contributed by atoms with Crippen LogP contribution < -0.4 is 0 Å². The molecule has 0 bridgehead atoms. The molecule has 0 rings (SSSR count). The molecule has 0 aliphatic rings. The van der Waals surface area contributed by atoms with Crippen LogP contribution in [0.3, 0.4) is 0 Å². The lowest BCUT2D eigenvalue weighted by atomic mass is 10.0. The van der Waals surface area contributed by atoms with E-state index in [1.165, 1.54) is 25.7 Å². The van der Waals surface area contributed by atoms with Crippen LogP contribution >= 0.6 is 0 Å². The number of hydrogen-bond donors (Lipinski definition) is 0. The maximum atomic E-state index is 7.03. The van der Waals surface area contributed by atoms with Gasteiger partial charge in [0.15, 0.2) is 0 Å². The van der Waals surface area contributed by atoms with Crippen molar-refractivity contribution in [1.82, 2.24) is 0 Å². The molecule has 0 aliphatic carbocycles. The highest BCUT2D eigenvalue weighted by atomic mass is 16.8. The summed E-state index contributed by atoms with van der Waals surface area (Å²) in [5.74, 6) is -2.08. The molecule has 260 valence electrons. The van der Waals surface area contributed by atoms with Gasteiger partial charge in [0.1, 0.15) is 0 Å². The van der Waals surface area contributed by atoms with Gasteiger partial charge in [-0.15, -0.1) is 0 Å². The van der Waals surface area contributed by atoms with Gasteiger partial charge in [-0.05, 0) is 51.4 Å². The molecule has 7 heteroatoms. The first-order valence-corrected chi connectivity index (χ1v) is 18.4. The number of rotatable bonds is 34. The largest absolute Gasteiger partial charge is 0.348 e. The number of unbranched alkanes of at least 4 members (excludes halogenated alkanes) is 8. The van der Waals surface area contributed by atoms with Crippen molar-refractivity contribution in [3.63, 3.8) is 0 Å². The van der Waals surface area contributed by atoms with Crippen molar-refractivity contribution in [3.05, 3.63) is 0 Å². The lowest BCUT2D eigenvalue weighted by Gasteiger charge is -2.45. The molecule has 0 aliphatic heterocycles. The summed E-state index contributed by atoms with van der Waals surface area (Å²) >= 11 is 0. The maximum absolute atomic E-state index is 7.03. The van der Waals surface area contributed by atoms with Crippen LogP contribution in [0.1, 0.15) is 171 Å². The molecule has 7 nitrogen and oxygen atoms in total. The fourth-order valence-corrected chi connectivity index (χ4v) is 4.90. The molecule has 0 spiro atoms. The van der Waals surface area contributed by atoms with E-state index < -0.39 is 24.2 Å². The summed E-state index contributed by atoms with van der Waals surface area (Å²) in [5, 5.41) is 0. The summed E-state index contributed by atoms with van der Waals surface area (Å²) < 4.78 is 46.9. The van der Waals surface area contributed by atoms with Crippen LogP contribution in [0.4, 0.5) is 0 Å². The fraction of sp³-hybridized carbons (Fsp3) is 1.00. The minimum Gasteiger partial charge on any atom is -0.348 e. The van der Waals surface area contributed by atoms with E-state index in [2.05, 4.69) is 55.4 Å². The standard InChI is InChI=1S/C36H74O7/c1-9-17-21-23-25-35(39-27-13-5,40-28-14-6)33(37-31-19-11-3)43-34(38-32-20-12-4)36(41-29-15-7,42-30-16-8)26-24-22-18-10-2/h33-34H,9-32H2,1-8H3. The molecule has 0 heterocycles. The van der Waals surface area contributed by atoms with Gasteiger partial charge in [0.2, 0.25) is 24.2 Å². The third kappa shape index (κ3) is 18.5. The topological polar surface area (TPSA) is 64.6 Å². The average Bonchev–Trinajstić information content (AvgIpc) is 3.02. The zero-order valence-electron chi connectivity index (χ0n) is 30.0. The van der Waals surface area contributed by atoms with Crippen molar-refractivity contribution in [2.75, 3.05) is 39.6 Å². The molecule has 0 saturated carbocycles. The van der Waals surface area contributed by atoms with Gasteiger partial charge in [0.05, 0.1) is 0 Å². The number of hydrogen-bond acceptors (Lipinski definition) is 7. The van der Waals surface area contributed by atoms with E-state index in [9.17, 15) is 0 Å². The fourth-order valence-electron chi connectivity index (χ4n) is 4.90. The van der Waals surface area contributed by atoms with Crippen LogP contribution in [-0.2, 0) is 33.2 Å². The molecule has 0 aromatic carbocycles. The Bertz CT molecular complexity index is 510. The third-order valence-electron chi connectivity index (χ3n) is 7.46. The SMILES string of the molecule is CCCCCCC(OCCC)(OCCC)C(OCCCC)OC(OCCCC)C(CCCCCC)(OCCC)OCCC. The van der Waals surface area contributed by atoms with Crippen molar-refractivity contribution in [3.8, 4) is 0 Å². The summed E-state index contributed by atoms with van der Waals surface area (Å²) in [5.41, 5.74) is 0. The Hall–Kier alpha value is -0.280. The molecule has 2 atom stereocenters. The molecule has 43 heavy (non-hydrogen) atoms. The molecule has 0 saturated heterocycles. The van der Waals surface area contributed by atoms with Crippen LogP contribution in [0.25, 0.3) is 0 Å². The lowest BCUT2D eigenvalue weighted by Crippen LogP contribution is -2.58. The minimum absolute atomic E-state index is 0.555. The summed E-state index contributed by atoms with van der Waals surface area (Å²) in [7, 11) is 0. The highest BCUT2D eigenvalue weighted by molar-refractivity contribution is 4.82. The predicted molar refractivity (Wildman–Crippen MR) is 178 cm³/mol. The first-order chi connectivity index (χ1) is 21.0. The monoisotopic (exact) mass is 619 g/mol. The normalized spacial score (nSPS) is 14.0. The van der Waals surface area contributed by atoms with Gasteiger partial charge in [-0.2, -0.15) is 0 Å². The van der Waals surface area contributed by atoms with Crippen molar-refractivity contribution in [1.29, 1.82) is 0 Å². The van der Waals surface area contributed by atoms with Crippen molar-refractivity contribution < 1.29 is 33.2 Å². The van der Waals surface area contributed by atoms with Crippen molar-refractivity contribution in [2.24, 2.45) is 0 Å². The van der Waals surface area contributed by atoms with E-state index in [-0.39, 0.29) is 0 Å². The van der Waals surface area contributed by atoms with Crippen LogP contribution in [-0.4, -0.2) is 63.8 Å². The van der Waals surface area contributed by atoms with Crippen LogP contribution in [0.15, 0.2) is 0 Å². The van der Waals surface area contributed by atoms with Crippen LogP contribution in [0, 0.1) is 0 Å². The van der Waals surface area contributed by atoms with Gasteiger partial charge < -0.3 is 33.2 Å². The van der Waals surface area contributed by atoms with Crippen LogP contribution in [0.5, 0.6) is 0 Å². The molecule has 0 N–H and O–H groups in total. The van der Waals surface area contributed by atoms with Crippen molar-refractivity contribution in [2.45, 2.75) is 195 Å². The molecule has 0 aromatic rings. The summed E-state index contributed by atoms with van der Waals surface area (Å²) in [4.78, 5) is 0. The lowest BCUT2D eigenvalue weighted by molar-refractivity contribution is -0.426. The average molecular weight is 619 g/mol. The Morgan fingerprint density at radius 2 is 0.674 bits per heavy atom. The molecule has 0 radical (unpaired) electrons. The van der Waals surface area contributed by atoms with Crippen LogP contribution in [0.2, 0.25) is 0 Å². The third-order valence-corrected chi connectivity index (χ3v) is 7.46. The smallest absolute Gasteiger partial charge is 0.220 e. The Morgan fingerprint density at radius 1 is 0.349 bits per heavy atom. The Kier molecular flexibility index (Phi) is 29.0. The highest BCUT2D eigenvalue weighted by Gasteiger charge is 2.50. The Balaban J connectivity index is 6.79. The predicted octanol–water partition coefficient (Wildman–Crippen LogP) is 10.3. The molecular weight excluding hydrogens is 544 g/mol. The second kappa shape index (κ2) is 29.1.